The molecule has 0 fully saturated rings. The molecule has 1 aromatic rings. The molecule has 0 amide bonds. The average Bonchev–Trinajstić information content (AvgIpc) is 2.54. The predicted octanol–water partition coefficient (Wildman–Crippen LogP) is 3.40. The Kier molecular flexibility index (Phi) is 6.14. The second kappa shape index (κ2) is 6.95. The molecular weight excluding hydrogens is 346 g/mol. The third-order valence-corrected chi connectivity index (χ3v) is 3.47. The fraction of sp³-hybridized carbons (Fsp3) is 0.727. The van der Waals surface area contributed by atoms with E-state index in [2.05, 4.69) is 21.0 Å². The summed E-state index contributed by atoms with van der Waals surface area (Å²) >= 11 is 9.30. The zero-order valence-corrected chi connectivity index (χ0v) is 13.1. The minimum Gasteiger partial charge on any atom is -0.288 e. The summed E-state index contributed by atoms with van der Waals surface area (Å²) in [6.45, 7) is 1.38. The maximum absolute atomic E-state index is 12.5. The fourth-order valence-electron chi connectivity index (χ4n) is 1.79. The third-order valence-electron chi connectivity index (χ3n) is 2.68. The summed E-state index contributed by atoms with van der Waals surface area (Å²) in [4.78, 5) is 1.30. The van der Waals surface area contributed by atoms with Crippen molar-refractivity contribution in [1.29, 1.82) is 0 Å². The molecule has 0 bridgehead atoms. The minimum atomic E-state index is -4.22. The van der Waals surface area contributed by atoms with Gasteiger partial charge < -0.3 is 0 Å². The van der Waals surface area contributed by atoms with E-state index in [1.807, 2.05) is 6.92 Å². The molecular formula is C11H16BrClF3N3. The Morgan fingerprint density at radius 3 is 2.47 bits per heavy atom. The van der Waals surface area contributed by atoms with Crippen LogP contribution in [0.2, 0.25) is 5.02 Å². The molecule has 0 aromatic carbocycles. The Morgan fingerprint density at radius 1 is 1.42 bits per heavy atom. The van der Waals surface area contributed by atoms with Crippen LogP contribution in [0.5, 0.6) is 0 Å². The van der Waals surface area contributed by atoms with Crippen LogP contribution in [-0.4, -0.2) is 39.3 Å². The van der Waals surface area contributed by atoms with Crippen molar-refractivity contribution in [1.82, 2.24) is 14.7 Å². The van der Waals surface area contributed by atoms with E-state index >= 15 is 0 Å². The van der Waals surface area contributed by atoms with Gasteiger partial charge in [-0.2, -0.15) is 18.3 Å². The number of aromatic nitrogens is 2. The van der Waals surface area contributed by atoms with Gasteiger partial charge in [0, 0.05) is 25.5 Å². The number of alkyl halides is 4. The maximum Gasteiger partial charge on any atom is 0.401 e. The smallest absolute Gasteiger partial charge is 0.288 e. The third kappa shape index (κ3) is 4.96. The van der Waals surface area contributed by atoms with Crippen LogP contribution in [0.25, 0.3) is 0 Å². The van der Waals surface area contributed by atoms with E-state index in [4.69, 9.17) is 11.6 Å². The molecule has 0 unspecified atom stereocenters. The molecule has 0 atom stereocenters. The highest BCUT2D eigenvalue weighted by molar-refractivity contribution is 9.09. The van der Waals surface area contributed by atoms with Crippen molar-refractivity contribution in [2.75, 3.05) is 18.4 Å². The first-order valence-corrected chi connectivity index (χ1v) is 7.33. The van der Waals surface area contributed by atoms with Crippen molar-refractivity contribution in [2.45, 2.75) is 26.1 Å². The van der Waals surface area contributed by atoms with E-state index in [1.54, 1.807) is 11.7 Å². The Bertz CT molecular complexity index is 420. The van der Waals surface area contributed by atoms with Crippen LogP contribution >= 0.6 is 27.5 Å². The van der Waals surface area contributed by atoms with Gasteiger partial charge in [0.25, 0.3) is 0 Å². The normalized spacial score (nSPS) is 12.4. The van der Waals surface area contributed by atoms with Crippen molar-refractivity contribution < 1.29 is 13.2 Å². The molecule has 0 radical (unpaired) electrons. The summed E-state index contributed by atoms with van der Waals surface area (Å²) in [5, 5.41) is 5.14. The van der Waals surface area contributed by atoms with E-state index in [9.17, 15) is 13.2 Å². The largest absolute Gasteiger partial charge is 0.401 e. The summed E-state index contributed by atoms with van der Waals surface area (Å²) in [6, 6.07) is 0. The van der Waals surface area contributed by atoms with Crippen molar-refractivity contribution in [3.63, 3.8) is 0 Å². The summed E-state index contributed by atoms with van der Waals surface area (Å²) < 4.78 is 39.0. The quantitative estimate of drug-likeness (QED) is 0.723. The van der Waals surface area contributed by atoms with Crippen molar-refractivity contribution in [3.8, 4) is 0 Å². The topological polar surface area (TPSA) is 21.1 Å². The van der Waals surface area contributed by atoms with E-state index in [1.165, 1.54) is 4.90 Å². The van der Waals surface area contributed by atoms with Crippen LogP contribution in [0, 0.1) is 0 Å². The lowest BCUT2D eigenvalue weighted by atomic mass is 10.3. The van der Waals surface area contributed by atoms with Gasteiger partial charge in [-0.1, -0.05) is 34.5 Å². The Balaban J connectivity index is 2.87. The second-order valence-corrected chi connectivity index (χ2v) is 5.37. The standard InChI is InChI=1S/C11H16BrClF3N3/c1-3-8-10(13)9(18(2)17-8)6-19(5-4-12)7-11(14,15)16/h3-7H2,1-2H3. The summed E-state index contributed by atoms with van der Waals surface area (Å²) in [5.41, 5.74) is 1.33. The molecule has 0 saturated heterocycles. The molecule has 8 heteroatoms. The van der Waals surface area contributed by atoms with Gasteiger partial charge in [-0.15, -0.1) is 0 Å². The van der Waals surface area contributed by atoms with Crippen LogP contribution in [-0.2, 0) is 20.0 Å². The lowest BCUT2D eigenvalue weighted by Gasteiger charge is -2.22. The molecule has 0 N–H and O–H groups in total. The highest BCUT2D eigenvalue weighted by atomic mass is 79.9. The minimum absolute atomic E-state index is 0.132. The van der Waals surface area contributed by atoms with E-state index < -0.39 is 12.7 Å². The Morgan fingerprint density at radius 2 is 2.05 bits per heavy atom. The Hall–Kier alpha value is -0.270. The molecule has 19 heavy (non-hydrogen) atoms. The van der Waals surface area contributed by atoms with Gasteiger partial charge >= 0.3 is 6.18 Å². The molecule has 0 aliphatic carbocycles. The van der Waals surface area contributed by atoms with Gasteiger partial charge in [0.1, 0.15) is 0 Å². The molecule has 1 rings (SSSR count). The van der Waals surface area contributed by atoms with Crippen LogP contribution in [0.3, 0.4) is 0 Å². The highest BCUT2D eigenvalue weighted by Gasteiger charge is 2.31. The zero-order chi connectivity index (χ0) is 14.6. The molecule has 0 saturated carbocycles. The van der Waals surface area contributed by atoms with E-state index in [0.717, 1.165) is 0 Å². The number of hydrogen-bond acceptors (Lipinski definition) is 2. The maximum atomic E-state index is 12.5. The number of hydrogen-bond donors (Lipinski definition) is 0. The summed E-state index contributed by atoms with van der Waals surface area (Å²) in [5.74, 6) is 0. The molecule has 1 aromatic heterocycles. The van der Waals surface area contributed by atoms with Crippen LogP contribution in [0.15, 0.2) is 0 Å². The van der Waals surface area contributed by atoms with Crippen LogP contribution in [0.4, 0.5) is 13.2 Å². The number of aryl methyl sites for hydroxylation is 2. The summed E-state index contributed by atoms with van der Waals surface area (Å²) in [7, 11) is 1.69. The first-order chi connectivity index (χ1) is 8.78. The van der Waals surface area contributed by atoms with Gasteiger partial charge in [0.2, 0.25) is 0 Å². The predicted molar refractivity (Wildman–Crippen MR) is 72.7 cm³/mol. The monoisotopic (exact) mass is 361 g/mol. The van der Waals surface area contributed by atoms with Crippen molar-refractivity contribution >= 4 is 27.5 Å². The molecule has 1 heterocycles. The first-order valence-electron chi connectivity index (χ1n) is 5.83. The molecule has 3 nitrogen and oxygen atoms in total. The van der Waals surface area contributed by atoms with Gasteiger partial charge in [0.05, 0.1) is 23.0 Å². The van der Waals surface area contributed by atoms with Gasteiger partial charge in [-0.05, 0) is 6.42 Å². The van der Waals surface area contributed by atoms with Crippen LogP contribution < -0.4 is 0 Å². The van der Waals surface area contributed by atoms with Gasteiger partial charge in [-0.3, -0.25) is 9.58 Å². The van der Waals surface area contributed by atoms with Gasteiger partial charge in [0.15, 0.2) is 0 Å². The van der Waals surface area contributed by atoms with Crippen molar-refractivity contribution in [3.05, 3.63) is 16.4 Å². The van der Waals surface area contributed by atoms with E-state index in [-0.39, 0.29) is 6.54 Å². The molecule has 0 aliphatic heterocycles. The number of halogens is 5. The SMILES string of the molecule is CCc1nn(C)c(CN(CCBr)CC(F)(F)F)c1Cl. The highest BCUT2D eigenvalue weighted by Crippen LogP contribution is 2.24. The Labute approximate surface area is 123 Å². The number of nitrogens with zero attached hydrogens (tertiary/aromatic N) is 3. The molecule has 110 valence electrons. The molecule has 0 spiro atoms. The fourth-order valence-corrected chi connectivity index (χ4v) is 2.65. The summed E-state index contributed by atoms with van der Waals surface area (Å²) in [6.07, 6.45) is -3.56. The van der Waals surface area contributed by atoms with Crippen LogP contribution in [0.1, 0.15) is 18.3 Å². The van der Waals surface area contributed by atoms with Crippen molar-refractivity contribution in [2.24, 2.45) is 7.05 Å². The molecule has 0 aliphatic rings. The van der Waals surface area contributed by atoms with E-state index in [0.29, 0.717) is 34.7 Å². The van der Waals surface area contributed by atoms with Gasteiger partial charge in [-0.25, -0.2) is 0 Å². The first kappa shape index (κ1) is 16.8. The lowest BCUT2D eigenvalue weighted by Crippen LogP contribution is -2.35. The zero-order valence-electron chi connectivity index (χ0n) is 10.8. The average molecular weight is 363 g/mol. The lowest BCUT2D eigenvalue weighted by molar-refractivity contribution is -0.146. The number of rotatable bonds is 6. The second-order valence-electron chi connectivity index (χ2n) is 4.20.